The van der Waals surface area contributed by atoms with E-state index in [1.807, 2.05) is 37.5 Å². The second kappa shape index (κ2) is 28.6. The van der Waals surface area contributed by atoms with Crippen LogP contribution in [0.3, 0.4) is 0 Å². The lowest BCUT2D eigenvalue weighted by molar-refractivity contribution is -0.242. The fourth-order valence-electron chi connectivity index (χ4n) is 17.1. The Morgan fingerprint density at radius 3 is 1.11 bits per heavy atom. The molecule has 4 heterocycles. The Morgan fingerprint density at radius 1 is 0.451 bits per heavy atom. The number of nitriles is 3. The zero-order valence-electron chi connectivity index (χ0n) is 63.6. The molecule has 113 heavy (non-hydrogen) atoms. The Morgan fingerprint density at radius 2 is 0.779 bits per heavy atom. The molecule has 8 aliphatic carbocycles. The number of amides is 4. The minimum Gasteiger partial charge on any atom is -0.303 e. The van der Waals surface area contributed by atoms with E-state index in [1.165, 1.54) is 49.2 Å². The minimum absolute atomic E-state index is 0.0365. The standard InChI is InChI=1S/C21H25FN4O.2C20H20F4N4O.C19H20BrF4N3O/c1-20(2,14-5-6-14)11-17(27)25-19-24-16-10-15(22)9-13(12-23)18(16)26(19)21(3)7-4-8-21;1-18(6-3-7-18)28-16-11(10-25)4-5-13(21)15(16)27-17(28)26-14(29)8-12-9-20(23,24)19(12,2)22;1-18(4-3-5-18)28-16-11(10-25)6-13(21)8-14(16)26-17(28)27-15(29)7-12-9-20(23,24)19(12,2)22;1-17(6-3-7-17)27-15-12(5-4-11(21)14(15)20)25-16(27)26-13(28)8-10-9-19(23,24)18(10,2)22/h9-10,14H,4-8,11H2,1-3H3,(H,24,25,27);4-5,12H,3,6-9H2,1-2H3,(H,26,27,29);6,8,12H,3-5,7,9H2,1-2H3,(H,26,27,29);4-5,10H,3,6-9H2,1-2H3,(H,25,26,28). The van der Waals surface area contributed by atoms with E-state index in [2.05, 4.69) is 84.0 Å². The second-order valence-electron chi connectivity index (χ2n) is 34.3. The lowest BCUT2D eigenvalue weighted by Crippen LogP contribution is -2.60. The highest BCUT2D eigenvalue weighted by Gasteiger charge is 2.69. The van der Waals surface area contributed by atoms with Crippen molar-refractivity contribution in [1.82, 2.24) is 38.2 Å². The van der Waals surface area contributed by atoms with Gasteiger partial charge in [-0.05, 0) is 202 Å². The molecule has 6 unspecified atom stereocenters. The van der Waals surface area contributed by atoms with Crippen LogP contribution in [0.1, 0.15) is 214 Å². The van der Waals surface area contributed by atoms with Gasteiger partial charge in [0.05, 0.1) is 59.8 Å². The van der Waals surface area contributed by atoms with Crippen molar-refractivity contribution in [3.8, 4) is 18.2 Å². The van der Waals surface area contributed by atoms with Crippen LogP contribution in [-0.2, 0) is 41.3 Å². The Balaban J connectivity index is 0.000000132. The van der Waals surface area contributed by atoms with Crippen LogP contribution in [0, 0.1) is 86.3 Å². The normalized spacial score (nSPS) is 25.3. The molecule has 8 aromatic rings. The maximum absolute atomic E-state index is 14.4. The van der Waals surface area contributed by atoms with Gasteiger partial charge in [0.15, 0.2) is 22.8 Å². The Kier molecular flexibility index (Phi) is 20.7. The summed E-state index contributed by atoms with van der Waals surface area (Å²) < 4.78 is 186. The van der Waals surface area contributed by atoms with Gasteiger partial charge in [-0.3, -0.25) is 40.4 Å². The molecule has 4 N–H and O–H groups in total. The predicted octanol–water partition coefficient (Wildman–Crippen LogP) is 19.6. The number of hydrogen-bond acceptors (Lipinski definition) is 11. The van der Waals surface area contributed by atoms with Crippen molar-refractivity contribution in [3.05, 3.63) is 93.0 Å². The van der Waals surface area contributed by atoms with Gasteiger partial charge in [0.25, 0.3) is 17.8 Å². The number of imidazole rings is 4. The molecular weight excluding hydrogens is 1560 g/mol. The monoisotopic (exact) mass is 1650 g/mol. The van der Waals surface area contributed by atoms with Gasteiger partial charge >= 0.3 is 0 Å². The van der Waals surface area contributed by atoms with Gasteiger partial charge in [0, 0.05) is 97.0 Å². The summed E-state index contributed by atoms with van der Waals surface area (Å²) in [6.07, 6.45) is 10.1. The lowest BCUT2D eigenvalue weighted by Gasteiger charge is -2.47. The number of carbonyl (C=O) groups excluding carboxylic acids is 4. The van der Waals surface area contributed by atoms with Crippen molar-refractivity contribution in [2.24, 2.45) is 29.1 Å². The molecule has 8 saturated carbocycles. The molecule has 602 valence electrons. The molecule has 8 aliphatic rings. The number of halogens is 14. The summed E-state index contributed by atoms with van der Waals surface area (Å²) in [6.45, 7) is 14.7. The summed E-state index contributed by atoms with van der Waals surface area (Å²) >= 11 is 3.26. The van der Waals surface area contributed by atoms with Crippen LogP contribution in [0.4, 0.5) is 80.9 Å². The van der Waals surface area contributed by atoms with Gasteiger partial charge in [0.2, 0.25) is 47.4 Å². The molecule has 19 nitrogen and oxygen atoms in total. The lowest BCUT2D eigenvalue weighted by atomic mass is 9.67. The first kappa shape index (κ1) is 81.7. The number of alkyl halides is 9. The third kappa shape index (κ3) is 14.4. The zero-order valence-corrected chi connectivity index (χ0v) is 65.2. The number of nitrogens with zero attached hydrogens (tertiary/aromatic N) is 11. The molecule has 4 amide bonds. The van der Waals surface area contributed by atoms with Crippen LogP contribution >= 0.6 is 15.9 Å². The first-order valence-corrected chi connectivity index (χ1v) is 38.6. The number of carbonyl (C=O) groups is 4. The molecule has 0 aliphatic heterocycles. The van der Waals surface area contributed by atoms with E-state index in [0.29, 0.717) is 45.9 Å². The topological polar surface area (TPSA) is 259 Å². The summed E-state index contributed by atoms with van der Waals surface area (Å²) in [5.74, 6) is -16.3. The Hall–Kier alpha value is -9.32. The molecule has 0 spiro atoms. The largest absolute Gasteiger partial charge is 0.303 e. The average Bonchev–Trinajstić information content (AvgIpc) is 1.70. The molecular formula is C80H85BrF13N15O4. The van der Waals surface area contributed by atoms with Gasteiger partial charge in [-0.25, -0.2) is 77.0 Å². The summed E-state index contributed by atoms with van der Waals surface area (Å²) in [7, 11) is 0. The zero-order chi connectivity index (χ0) is 82.3. The maximum Gasteiger partial charge on any atom is 0.281 e. The third-order valence-corrected chi connectivity index (χ3v) is 26.4. The van der Waals surface area contributed by atoms with Crippen molar-refractivity contribution in [3.63, 3.8) is 0 Å². The molecule has 33 heteroatoms. The summed E-state index contributed by atoms with van der Waals surface area (Å²) in [5.41, 5.74) is -6.15. The quantitative estimate of drug-likeness (QED) is 0.0623. The fraction of sp³-hybridized carbons (Fsp3) is 0.562. The highest BCUT2D eigenvalue weighted by molar-refractivity contribution is 9.10. The van der Waals surface area contributed by atoms with Crippen LogP contribution in [0.5, 0.6) is 0 Å². The fourth-order valence-corrected chi connectivity index (χ4v) is 17.6. The van der Waals surface area contributed by atoms with E-state index >= 15 is 0 Å². The number of benzene rings is 4. The first-order chi connectivity index (χ1) is 52.7. The summed E-state index contributed by atoms with van der Waals surface area (Å²) in [5, 5.41) is 39.1. The van der Waals surface area contributed by atoms with E-state index in [4.69, 9.17) is 0 Å². The van der Waals surface area contributed by atoms with Crippen molar-refractivity contribution >= 4 is 107 Å². The summed E-state index contributed by atoms with van der Waals surface area (Å²) in [6, 6.07) is 16.2. The van der Waals surface area contributed by atoms with E-state index < -0.39 is 137 Å². The van der Waals surface area contributed by atoms with Gasteiger partial charge < -0.3 is 18.3 Å². The molecule has 6 atom stereocenters. The Bertz CT molecular complexity index is 5330. The van der Waals surface area contributed by atoms with Crippen molar-refractivity contribution in [1.29, 1.82) is 15.8 Å². The number of fused-ring (bicyclic) bond motifs is 4. The van der Waals surface area contributed by atoms with Crippen LogP contribution in [0.15, 0.2) is 53.0 Å². The number of nitrogens with one attached hydrogen (secondary N) is 4. The first-order valence-electron chi connectivity index (χ1n) is 37.8. The summed E-state index contributed by atoms with van der Waals surface area (Å²) in [4.78, 5) is 67.6. The van der Waals surface area contributed by atoms with E-state index in [1.54, 1.807) is 13.7 Å². The van der Waals surface area contributed by atoms with Gasteiger partial charge in [-0.15, -0.1) is 0 Å². The van der Waals surface area contributed by atoms with E-state index in [0.717, 1.165) is 110 Å². The van der Waals surface area contributed by atoms with Crippen LogP contribution < -0.4 is 21.3 Å². The molecule has 0 saturated heterocycles. The predicted molar refractivity (Wildman–Crippen MR) is 398 cm³/mol. The van der Waals surface area contributed by atoms with Crippen LogP contribution in [0.2, 0.25) is 0 Å². The third-order valence-electron chi connectivity index (χ3n) is 25.7. The highest BCUT2D eigenvalue weighted by Crippen LogP contribution is 2.59. The van der Waals surface area contributed by atoms with Gasteiger partial charge in [0.1, 0.15) is 41.2 Å². The van der Waals surface area contributed by atoms with Crippen molar-refractivity contribution < 1.29 is 76.3 Å². The maximum atomic E-state index is 14.4. The van der Waals surface area contributed by atoms with E-state index in [9.17, 15) is 92.0 Å². The van der Waals surface area contributed by atoms with Gasteiger partial charge in [-0.1, -0.05) is 13.8 Å². The van der Waals surface area contributed by atoms with Crippen molar-refractivity contribution in [2.75, 3.05) is 21.3 Å². The number of aromatic nitrogens is 8. The SMILES string of the molecule is CC(C)(CC(=O)Nc1nc2cc(F)cc(C#N)c2n1C1(C)CCC1)C1CC1.CC1(n2c(NC(=O)CC3CC(F)(F)C3(C)F)nc3c(F)ccc(C#N)c32)CCC1.CC1(n2c(NC(=O)CC3CC(F)(F)C3(C)F)nc3cc(F)cc(C#N)c32)CCC1.CC1(n2c(NC(=O)CC3CC(F)(F)C3(C)F)nc3ccc(F)c(Br)c32)CCC1. The minimum atomic E-state index is -3.45. The number of anilines is 4. The van der Waals surface area contributed by atoms with Crippen LogP contribution in [-0.4, -0.2) is 96.6 Å². The molecule has 4 aromatic heterocycles. The number of rotatable bonds is 17. The molecule has 8 fully saturated rings. The molecule has 0 bridgehead atoms. The second-order valence-corrected chi connectivity index (χ2v) is 35.1. The Labute approximate surface area is 650 Å². The molecule has 16 rings (SSSR count). The molecule has 4 aromatic carbocycles. The van der Waals surface area contributed by atoms with Gasteiger partial charge in [-0.2, -0.15) is 15.8 Å². The smallest absolute Gasteiger partial charge is 0.281 e. The molecule has 0 radical (unpaired) electrons. The average molecular weight is 1650 g/mol. The van der Waals surface area contributed by atoms with E-state index in [-0.39, 0.29) is 84.4 Å². The van der Waals surface area contributed by atoms with Crippen LogP contribution in [0.25, 0.3) is 44.1 Å². The highest BCUT2D eigenvalue weighted by atomic mass is 79.9. The number of hydrogen-bond donors (Lipinski definition) is 4. The van der Waals surface area contributed by atoms with Crippen molar-refractivity contribution in [2.45, 2.75) is 254 Å².